The van der Waals surface area contributed by atoms with E-state index in [-0.39, 0.29) is 22.9 Å². The molecule has 0 radical (unpaired) electrons. The highest BCUT2D eigenvalue weighted by molar-refractivity contribution is 6.08. The third-order valence-electron chi connectivity index (χ3n) is 4.03. The van der Waals surface area contributed by atoms with Crippen molar-refractivity contribution < 1.29 is 32.6 Å². The second-order valence-electron chi connectivity index (χ2n) is 6.39. The number of carbonyl (C=O) groups excluding carboxylic acids is 3. The van der Waals surface area contributed by atoms with Crippen LogP contribution in [-0.2, 0) is 14.3 Å². The van der Waals surface area contributed by atoms with Crippen molar-refractivity contribution in [3.05, 3.63) is 78.1 Å². The van der Waals surface area contributed by atoms with Crippen molar-refractivity contribution in [3.63, 3.8) is 0 Å². The molecule has 2 N–H and O–H groups in total. The highest BCUT2D eigenvalue weighted by atomic mass is 19.1. The van der Waals surface area contributed by atoms with Gasteiger partial charge in [0.2, 0.25) is 11.8 Å². The van der Waals surface area contributed by atoms with Crippen molar-refractivity contribution in [2.24, 2.45) is 0 Å². The van der Waals surface area contributed by atoms with Gasteiger partial charge in [-0.15, -0.1) is 0 Å². The van der Waals surface area contributed by atoms with Gasteiger partial charge in [0.15, 0.2) is 5.69 Å². The molecule has 0 fully saturated rings. The van der Waals surface area contributed by atoms with E-state index in [1.54, 1.807) is 0 Å². The average molecular weight is 441 g/mol. The van der Waals surface area contributed by atoms with E-state index < -0.39 is 35.8 Å². The summed E-state index contributed by atoms with van der Waals surface area (Å²) < 4.78 is 37.3. The van der Waals surface area contributed by atoms with Crippen LogP contribution < -0.4 is 15.4 Å². The minimum atomic E-state index is -0.794. The fourth-order valence-corrected chi connectivity index (χ4v) is 2.57. The molecule has 0 spiro atoms. The molecule has 8 nitrogen and oxygen atoms in total. The first-order valence-electron chi connectivity index (χ1n) is 9.21. The van der Waals surface area contributed by atoms with Gasteiger partial charge in [-0.1, -0.05) is 0 Å². The number of benzene rings is 2. The molecule has 32 heavy (non-hydrogen) atoms. The van der Waals surface area contributed by atoms with Crippen LogP contribution in [0.25, 0.3) is 0 Å². The molecule has 0 saturated carbocycles. The maximum atomic E-state index is 14.4. The number of hydrogen-bond acceptors (Lipinski definition) is 6. The molecule has 0 atom stereocenters. The zero-order chi connectivity index (χ0) is 23.1. The number of anilines is 2. The zero-order valence-electron chi connectivity index (χ0n) is 16.7. The van der Waals surface area contributed by atoms with E-state index in [0.29, 0.717) is 5.69 Å². The topological polar surface area (TPSA) is 107 Å². The first-order chi connectivity index (χ1) is 15.3. The summed E-state index contributed by atoms with van der Waals surface area (Å²) in [7, 11) is 1.21. The molecule has 0 aliphatic rings. The second-order valence-corrected chi connectivity index (χ2v) is 6.39. The molecule has 0 aliphatic carbocycles. The molecule has 3 rings (SSSR count). The summed E-state index contributed by atoms with van der Waals surface area (Å²) >= 11 is 0. The predicted octanol–water partition coefficient (Wildman–Crippen LogP) is 3.91. The first-order valence-corrected chi connectivity index (χ1v) is 9.21. The van der Waals surface area contributed by atoms with Gasteiger partial charge in [-0.2, -0.15) is 0 Å². The average Bonchev–Trinajstić information content (AvgIpc) is 2.77. The van der Waals surface area contributed by atoms with E-state index in [2.05, 4.69) is 20.4 Å². The Kier molecular flexibility index (Phi) is 7.06. The molecular weight excluding hydrogens is 424 g/mol. The lowest BCUT2D eigenvalue weighted by Crippen LogP contribution is -2.21. The second kappa shape index (κ2) is 10.1. The Morgan fingerprint density at radius 3 is 2.28 bits per heavy atom. The van der Waals surface area contributed by atoms with Crippen LogP contribution in [0.3, 0.4) is 0 Å². The third kappa shape index (κ3) is 6.08. The first kappa shape index (κ1) is 22.3. The number of aromatic nitrogens is 1. The number of nitrogens with one attached hydrogen (secondary N) is 2. The van der Waals surface area contributed by atoms with E-state index in [4.69, 9.17) is 4.74 Å². The Bertz CT molecular complexity index is 1150. The molecule has 0 aliphatic heterocycles. The Morgan fingerprint density at radius 2 is 1.59 bits per heavy atom. The van der Waals surface area contributed by atoms with Crippen LogP contribution in [-0.4, -0.2) is 29.9 Å². The Hall–Kier alpha value is -4.34. The summed E-state index contributed by atoms with van der Waals surface area (Å²) in [6.45, 7) is 0. The van der Waals surface area contributed by atoms with Gasteiger partial charge < -0.3 is 20.1 Å². The van der Waals surface area contributed by atoms with Crippen LogP contribution in [0.2, 0.25) is 0 Å². The van der Waals surface area contributed by atoms with Gasteiger partial charge in [-0.05, 0) is 42.5 Å². The number of carbonyl (C=O) groups is 3. The molecule has 10 heteroatoms. The van der Waals surface area contributed by atoms with Crippen LogP contribution in [0.1, 0.15) is 16.9 Å². The molecular formula is C22H17F2N3O5. The zero-order valence-corrected chi connectivity index (χ0v) is 16.7. The van der Waals surface area contributed by atoms with Gasteiger partial charge in [-0.25, -0.2) is 18.6 Å². The molecule has 164 valence electrons. The number of esters is 1. The predicted molar refractivity (Wildman–Crippen MR) is 110 cm³/mol. The number of hydrogen-bond donors (Lipinski definition) is 2. The van der Waals surface area contributed by atoms with Crippen LogP contribution >= 0.6 is 0 Å². The number of amides is 2. The number of pyridine rings is 1. The fraction of sp³-hybridized carbons (Fsp3) is 0.0909. The van der Waals surface area contributed by atoms with Crippen molar-refractivity contribution in [2.45, 2.75) is 6.42 Å². The maximum Gasteiger partial charge on any atom is 0.356 e. The van der Waals surface area contributed by atoms with E-state index in [0.717, 1.165) is 18.2 Å². The minimum absolute atomic E-state index is 0.0215. The number of ether oxygens (including phenoxy) is 2. The molecule has 0 unspecified atom stereocenters. The highest BCUT2D eigenvalue weighted by Crippen LogP contribution is 2.26. The van der Waals surface area contributed by atoms with Crippen molar-refractivity contribution in [1.29, 1.82) is 0 Å². The van der Waals surface area contributed by atoms with Gasteiger partial charge >= 0.3 is 5.97 Å². The van der Waals surface area contributed by atoms with Gasteiger partial charge in [-0.3, -0.25) is 9.59 Å². The molecule has 1 heterocycles. The monoisotopic (exact) mass is 441 g/mol. The summed E-state index contributed by atoms with van der Waals surface area (Å²) in [5, 5.41) is 4.73. The normalized spacial score (nSPS) is 10.2. The van der Waals surface area contributed by atoms with Crippen LogP contribution in [0.15, 0.2) is 60.8 Å². The highest BCUT2D eigenvalue weighted by Gasteiger charge is 2.14. The standard InChI is InChI=1S/C22H17F2N3O5/c1-31-22(30)19-11-16(8-9-25-19)32-15-6-7-18(17(24)10-15)27-21(29)12-20(28)26-14-4-2-13(23)3-5-14/h2-11H,12H2,1H3,(H,26,28)(H,27,29). The van der Waals surface area contributed by atoms with E-state index in [1.165, 1.54) is 49.7 Å². The van der Waals surface area contributed by atoms with Crippen molar-refractivity contribution in [2.75, 3.05) is 17.7 Å². The molecule has 2 aromatic carbocycles. The summed E-state index contributed by atoms with van der Waals surface area (Å²) in [5.74, 6) is -2.95. The fourth-order valence-electron chi connectivity index (χ4n) is 2.57. The Morgan fingerprint density at radius 1 is 0.906 bits per heavy atom. The van der Waals surface area contributed by atoms with Gasteiger partial charge in [0, 0.05) is 24.0 Å². The number of nitrogens with zero attached hydrogens (tertiary/aromatic N) is 1. The lowest BCUT2D eigenvalue weighted by atomic mass is 10.2. The van der Waals surface area contributed by atoms with Gasteiger partial charge in [0.05, 0.1) is 12.8 Å². The maximum absolute atomic E-state index is 14.4. The van der Waals surface area contributed by atoms with Crippen LogP contribution in [0.4, 0.5) is 20.2 Å². The van der Waals surface area contributed by atoms with Crippen molar-refractivity contribution >= 4 is 29.2 Å². The largest absolute Gasteiger partial charge is 0.464 e. The lowest BCUT2D eigenvalue weighted by Gasteiger charge is -2.10. The number of methoxy groups -OCH3 is 1. The van der Waals surface area contributed by atoms with E-state index >= 15 is 0 Å². The minimum Gasteiger partial charge on any atom is -0.464 e. The van der Waals surface area contributed by atoms with Gasteiger partial charge in [0.1, 0.15) is 29.6 Å². The Balaban J connectivity index is 1.59. The summed E-state index contributed by atoms with van der Waals surface area (Å²) in [6.07, 6.45) is 0.770. The number of rotatable bonds is 7. The summed E-state index contributed by atoms with van der Waals surface area (Å²) in [4.78, 5) is 39.3. The quantitative estimate of drug-likeness (QED) is 0.425. The SMILES string of the molecule is COC(=O)c1cc(Oc2ccc(NC(=O)CC(=O)Nc3ccc(F)cc3)c(F)c2)ccn1. The summed E-state index contributed by atoms with van der Waals surface area (Å²) in [6, 6.07) is 11.5. The van der Waals surface area contributed by atoms with Crippen LogP contribution in [0.5, 0.6) is 11.5 Å². The Labute approximate surface area is 181 Å². The van der Waals surface area contributed by atoms with E-state index in [9.17, 15) is 23.2 Å². The molecule has 2 amide bonds. The molecule has 3 aromatic rings. The molecule has 1 aromatic heterocycles. The molecule has 0 bridgehead atoms. The lowest BCUT2D eigenvalue weighted by molar-refractivity contribution is -0.123. The third-order valence-corrected chi connectivity index (χ3v) is 4.03. The molecule has 0 saturated heterocycles. The van der Waals surface area contributed by atoms with Crippen molar-refractivity contribution in [1.82, 2.24) is 4.98 Å². The smallest absolute Gasteiger partial charge is 0.356 e. The number of halogens is 2. The van der Waals surface area contributed by atoms with Gasteiger partial charge in [0.25, 0.3) is 0 Å². The van der Waals surface area contributed by atoms with Crippen LogP contribution in [0, 0.1) is 11.6 Å². The van der Waals surface area contributed by atoms with Crippen molar-refractivity contribution in [3.8, 4) is 11.5 Å². The van der Waals surface area contributed by atoms with E-state index in [1.807, 2.05) is 0 Å². The summed E-state index contributed by atoms with van der Waals surface area (Å²) in [5.41, 5.74) is 0.193.